The van der Waals surface area contributed by atoms with Crippen LogP contribution in [-0.2, 0) is 6.18 Å². The van der Waals surface area contributed by atoms with Crippen LogP contribution in [0.2, 0.25) is 0 Å². The number of alkyl halides is 3. The first-order valence-corrected chi connectivity index (χ1v) is 4.45. The van der Waals surface area contributed by atoms with Crippen molar-refractivity contribution in [3.8, 4) is 11.4 Å². The zero-order valence-electron chi connectivity index (χ0n) is 9.26. The first-order valence-electron chi connectivity index (χ1n) is 4.45. The van der Waals surface area contributed by atoms with Gasteiger partial charge in [0.1, 0.15) is 5.82 Å². The zero-order valence-corrected chi connectivity index (χ0v) is 12.4. The van der Waals surface area contributed by atoms with Gasteiger partial charge in [0.05, 0.1) is 5.82 Å². The maximum atomic E-state index is 12.3. The average molecular weight is 265 g/mol. The molecular formula is C10H7F3KN3. The number of aromatic amines is 1. The number of nitrogens with zero attached hydrogens (tertiary/aromatic N) is 2. The van der Waals surface area contributed by atoms with Crippen LogP contribution < -0.4 is 51.4 Å². The van der Waals surface area contributed by atoms with E-state index in [4.69, 9.17) is 0 Å². The van der Waals surface area contributed by atoms with Crippen LogP contribution in [0.3, 0.4) is 0 Å². The molecule has 17 heavy (non-hydrogen) atoms. The minimum Gasteiger partial charge on any atom is -0.273 e. The normalized spacial score (nSPS) is 11.1. The summed E-state index contributed by atoms with van der Waals surface area (Å²) in [5, 5.41) is 6.44. The molecule has 0 radical (unpaired) electrons. The SMILES string of the molecule is Cc1nc(-c2[c-]cc(C(F)(F)F)cc2)n[nH]1.[K+]. The summed E-state index contributed by atoms with van der Waals surface area (Å²) in [5.41, 5.74) is -0.305. The van der Waals surface area contributed by atoms with Gasteiger partial charge in [-0.3, -0.25) is 10.1 Å². The molecular weight excluding hydrogens is 258 g/mol. The van der Waals surface area contributed by atoms with Crippen molar-refractivity contribution in [2.75, 3.05) is 0 Å². The molecule has 0 bridgehead atoms. The minimum absolute atomic E-state index is 0. The molecule has 0 aliphatic rings. The Labute approximate surface area is 138 Å². The first-order chi connectivity index (χ1) is 7.47. The van der Waals surface area contributed by atoms with Gasteiger partial charge < -0.3 is 0 Å². The van der Waals surface area contributed by atoms with Crippen molar-refractivity contribution in [3.05, 3.63) is 35.7 Å². The van der Waals surface area contributed by atoms with Crippen LogP contribution in [0.15, 0.2) is 18.2 Å². The fourth-order valence-electron chi connectivity index (χ4n) is 1.20. The van der Waals surface area contributed by atoms with E-state index in [1.165, 1.54) is 6.07 Å². The van der Waals surface area contributed by atoms with Gasteiger partial charge in [-0.05, 0) is 12.5 Å². The van der Waals surface area contributed by atoms with Gasteiger partial charge in [0.2, 0.25) is 0 Å². The third kappa shape index (κ3) is 3.62. The Kier molecular flexibility index (Phi) is 4.91. The van der Waals surface area contributed by atoms with Gasteiger partial charge in [-0.25, -0.2) is 5.10 Å². The molecule has 3 nitrogen and oxygen atoms in total. The Bertz CT molecular complexity index is 490. The molecule has 84 valence electrons. The van der Waals surface area contributed by atoms with Gasteiger partial charge in [0.25, 0.3) is 0 Å². The van der Waals surface area contributed by atoms with E-state index in [0.29, 0.717) is 17.2 Å². The summed E-state index contributed by atoms with van der Waals surface area (Å²) >= 11 is 0. The van der Waals surface area contributed by atoms with Crippen LogP contribution in [0.5, 0.6) is 0 Å². The van der Waals surface area contributed by atoms with Gasteiger partial charge >= 0.3 is 57.6 Å². The van der Waals surface area contributed by atoms with Crippen molar-refractivity contribution in [1.29, 1.82) is 0 Å². The van der Waals surface area contributed by atoms with E-state index >= 15 is 0 Å². The van der Waals surface area contributed by atoms with Crippen molar-refractivity contribution in [2.24, 2.45) is 0 Å². The summed E-state index contributed by atoms with van der Waals surface area (Å²) in [6.45, 7) is 1.71. The van der Waals surface area contributed by atoms with Crippen molar-refractivity contribution < 1.29 is 64.6 Å². The second-order valence-corrected chi connectivity index (χ2v) is 3.23. The maximum absolute atomic E-state index is 12.3. The van der Waals surface area contributed by atoms with E-state index in [2.05, 4.69) is 21.2 Å². The Balaban J connectivity index is 0.00000144. The molecule has 0 aliphatic heterocycles. The molecule has 7 heteroatoms. The monoisotopic (exact) mass is 265 g/mol. The van der Waals surface area contributed by atoms with Crippen LogP contribution in [0.4, 0.5) is 13.2 Å². The second-order valence-electron chi connectivity index (χ2n) is 3.23. The molecule has 0 amide bonds. The van der Waals surface area contributed by atoms with E-state index in [9.17, 15) is 13.2 Å². The second kappa shape index (κ2) is 5.62. The van der Waals surface area contributed by atoms with Gasteiger partial charge in [-0.15, -0.1) is 29.8 Å². The predicted octanol–water partition coefficient (Wildman–Crippen LogP) is -0.397. The number of nitrogens with one attached hydrogen (secondary N) is 1. The zero-order chi connectivity index (χ0) is 11.8. The third-order valence-electron chi connectivity index (χ3n) is 1.98. The molecule has 1 heterocycles. The Hall–Kier alpha value is -0.214. The van der Waals surface area contributed by atoms with Crippen LogP contribution in [-0.4, -0.2) is 15.2 Å². The van der Waals surface area contributed by atoms with Gasteiger partial charge in [-0.1, -0.05) is 0 Å². The van der Waals surface area contributed by atoms with Crippen molar-refractivity contribution in [3.63, 3.8) is 0 Å². The topological polar surface area (TPSA) is 41.6 Å². The molecule has 0 aliphatic carbocycles. The van der Waals surface area contributed by atoms with E-state index in [1.807, 2.05) is 0 Å². The summed E-state index contributed by atoms with van der Waals surface area (Å²) in [4.78, 5) is 3.99. The Morgan fingerprint density at radius 1 is 1.29 bits per heavy atom. The fraction of sp³-hybridized carbons (Fsp3) is 0.200. The molecule has 0 saturated carbocycles. The average Bonchev–Trinajstić information content (AvgIpc) is 2.64. The molecule has 0 spiro atoms. The largest absolute Gasteiger partial charge is 1.00 e. The van der Waals surface area contributed by atoms with E-state index in [-0.39, 0.29) is 51.4 Å². The molecule has 0 fully saturated rings. The molecule has 1 aromatic heterocycles. The summed E-state index contributed by atoms with van der Waals surface area (Å²) in [6, 6.07) is 5.68. The van der Waals surface area contributed by atoms with Gasteiger partial charge in [0, 0.05) is 0 Å². The quantitative estimate of drug-likeness (QED) is 0.563. The number of hydrogen-bond donors (Lipinski definition) is 1. The van der Waals surface area contributed by atoms with E-state index < -0.39 is 11.7 Å². The summed E-state index contributed by atoms with van der Waals surface area (Å²) in [7, 11) is 0. The van der Waals surface area contributed by atoms with Gasteiger partial charge in [-0.2, -0.15) is 13.2 Å². The van der Waals surface area contributed by atoms with Crippen molar-refractivity contribution in [1.82, 2.24) is 15.2 Å². The number of halogens is 3. The first kappa shape index (κ1) is 14.8. The van der Waals surface area contributed by atoms with E-state index in [1.54, 1.807) is 6.92 Å². The minimum atomic E-state index is -4.34. The number of aromatic nitrogens is 3. The predicted molar refractivity (Wildman–Crippen MR) is 50.4 cm³/mol. The standard InChI is InChI=1S/C10H7F3N3.K/c1-6-14-9(16-15-6)7-2-4-8(5-3-7)10(11,12)13;/h2,4-5H,1H3,(H,14,15,16);/q-1;+1. The fourth-order valence-corrected chi connectivity index (χ4v) is 1.20. The summed E-state index contributed by atoms with van der Waals surface area (Å²) in [5.74, 6) is 0.939. The molecule has 2 aromatic rings. The number of benzene rings is 1. The molecule has 1 aromatic carbocycles. The van der Waals surface area contributed by atoms with Crippen molar-refractivity contribution >= 4 is 0 Å². The molecule has 0 atom stereocenters. The molecule has 0 saturated heterocycles. The number of aryl methyl sites for hydroxylation is 1. The maximum Gasteiger partial charge on any atom is 1.00 e. The number of H-pyrrole nitrogens is 1. The van der Waals surface area contributed by atoms with Crippen LogP contribution >= 0.6 is 0 Å². The molecule has 2 rings (SSSR count). The Morgan fingerprint density at radius 2 is 2.00 bits per heavy atom. The third-order valence-corrected chi connectivity index (χ3v) is 1.98. The summed E-state index contributed by atoms with van der Waals surface area (Å²) < 4.78 is 36.8. The molecule has 1 N–H and O–H groups in total. The summed E-state index contributed by atoms with van der Waals surface area (Å²) in [6.07, 6.45) is -4.34. The van der Waals surface area contributed by atoms with Crippen LogP contribution in [0, 0.1) is 13.0 Å². The van der Waals surface area contributed by atoms with Crippen molar-refractivity contribution in [2.45, 2.75) is 13.1 Å². The smallest absolute Gasteiger partial charge is 0.273 e. The van der Waals surface area contributed by atoms with Crippen LogP contribution in [0.1, 0.15) is 11.4 Å². The van der Waals surface area contributed by atoms with Crippen LogP contribution in [0.25, 0.3) is 11.4 Å². The van der Waals surface area contributed by atoms with Gasteiger partial charge in [0.15, 0.2) is 0 Å². The number of hydrogen-bond acceptors (Lipinski definition) is 2. The number of rotatable bonds is 1. The van der Waals surface area contributed by atoms with E-state index in [0.717, 1.165) is 12.1 Å². The Morgan fingerprint density at radius 3 is 2.41 bits per heavy atom. The molecule has 0 unspecified atom stereocenters.